The van der Waals surface area contributed by atoms with E-state index in [0.29, 0.717) is 24.4 Å². The number of nitrogens with zero attached hydrogens (tertiary/aromatic N) is 6. The maximum absolute atomic E-state index is 11.2. The van der Waals surface area contributed by atoms with Gasteiger partial charge in [-0.15, -0.1) is 14.8 Å². The van der Waals surface area contributed by atoms with Crippen LogP contribution in [0.15, 0.2) is 36.4 Å². The van der Waals surface area contributed by atoms with Gasteiger partial charge in [-0.05, 0) is 40.3 Å². The highest BCUT2D eigenvalue weighted by molar-refractivity contribution is 5.92. The van der Waals surface area contributed by atoms with E-state index in [1.165, 1.54) is 4.63 Å². The third kappa shape index (κ3) is 2.65. The molecule has 1 aliphatic rings. The molecule has 9 nitrogen and oxygen atoms in total. The van der Waals surface area contributed by atoms with E-state index in [4.69, 9.17) is 10.5 Å². The first-order valence-corrected chi connectivity index (χ1v) is 7.52. The van der Waals surface area contributed by atoms with Gasteiger partial charge in [0.25, 0.3) is 0 Å². The number of fused-ring (bicyclic) bond motifs is 1. The number of aromatic nitrogens is 5. The van der Waals surface area contributed by atoms with Crippen molar-refractivity contribution in [1.82, 2.24) is 25.3 Å². The first-order valence-electron chi connectivity index (χ1n) is 7.52. The summed E-state index contributed by atoms with van der Waals surface area (Å²) in [4.78, 5) is 13.3. The molecule has 1 unspecified atom stereocenters. The summed E-state index contributed by atoms with van der Waals surface area (Å²) in [6.45, 7) is 1.96. The van der Waals surface area contributed by atoms with Crippen LogP contribution in [0.25, 0.3) is 5.65 Å². The molecule has 1 aromatic carbocycles. The highest BCUT2D eigenvalue weighted by atomic mass is 16.5. The van der Waals surface area contributed by atoms with Gasteiger partial charge in [-0.1, -0.05) is 12.1 Å². The fourth-order valence-electron chi connectivity index (χ4n) is 2.73. The van der Waals surface area contributed by atoms with Crippen molar-refractivity contribution >= 4 is 17.4 Å². The molecule has 24 heavy (non-hydrogen) atoms. The SMILES string of the molecule is NC(=O)c1ccc(C2CN(c3ccc4nnnn4n3)CCO2)cc1. The van der Waals surface area contributed by atoms with Gasteiger partial charge in [0.1, 0.15) is 6.10 Å². The average molecular weight is 325 g/mol. The molecule has 0 radical (unpaired) electrons. The van der Waals surface area contributed by atoms with Crippen molar-refractivity contribution in [3.63, 3.8) is 0 Å². The van der Waals surface area contributed by atoms with Crippen LogP contribution in [0.5, 0.6) is 0 Å². The van der Waals surface area contributed by atoms with E-state index in [1.807, 2.05) is 24.3 Å². The Balaban J connectivity index is 1.55. The summed E-state index contributed by atoms with van der Waals surface area (Å²) in [6.07, 6.45) is -0.105. The summed E-state index contributed by atoms with van der Waals surface area (Å²) in [6, 6.07) is 10.9. The Kier molecular flexibility index (Phi) is 3.54. The van der Waals surface area contributed by atoms with Crippen LogP contribution < -0.4 is 10.6 Å². The van der Waals surface area contributed by atoms with Gasteiger partial charge in [0.2, 0.25) is 5.91 Å². The Bertz CT molecular complexity index is 877. The molecular weight excluding hydrogens is 310 g/mol. The first-order chi connectivity index (χ1) is 11.7. The summed E-state index contributed by atoms with van der Waals surface area (Å²) >= 11 is 0. The van der Waals surface area contributed by atoms with Crippen molar-refractivity contribution < 1.29 is 9.53 Å². The molecule has 0 spiro atoms. The van der Waals surface area contributed by atoms with E-state index in [9.17, 15) is 4.79 Å². The lowest BCUT2D eigenvalue weighted by Gasteiger charge is -2.33. The Morgan fingerprint density at radius 2 is 2.04 bits per heavy atom. The van der Waals surface area contributed by atoms with Crippen LogP contribution >= 0.6 is 0 Å². The molecule has 1 atom stereocenters. The lowest BCUT2D eigenvalue weighted by molar-refractivity contribution is 0.0394. The van der Waals surface area contributed by atoms with Crippen LogP contribution in [0.3, 0.4) is 0 Å². The molecule has 2 N–H and O–H groups in total. The second-order valence-corrected chi connectivity index (χ2v) is 5.51. The van der Waals surface area contributed by atoms with Crippen LogP contribution in [0, 0.1) is 0 Å². The number of hydrogen-bond donors (Lipinski definition) is 1. The fraction of sp³-hybridized carbons (Fsp3) is 0.267. The minimum Gasteiger partial charge on any atom is -0.370 e. The van der Waals surface area contributed by atoms with E-state index in [0.717, 1.165) is 17.9 Å². The lowest BCUT2D eigenvalue weighted by atomic mass is 10.1. The minimum absolute atomic E-state index is 0.105. The molecular formula is C15H15N7O2. The summed E-state index contributed by atoms with van der Waals surface area (Å²) in [5, 5.41) is 15.7. The summed E-state index contributed by atoms with van der Waals surface area (Å²) in [7, 11) is 0. The maximum atomic E-state index is 11.2. The van der Waals surface area contributed by atoms with Crippen molar-refractivity contribution in [2.75, 3.05) is 24.6 Å². The molecule has 0 aliphatic carbocycles. The van der Waals surface area contributed by atoms with Gasteiger partial charge in [0.05, 0.1) is 6.61 Å². The molecule has 2 aromatic heterocycles. The normalized spacial score (nSPS) is 18.0. The maximum Gasteiger partial charge on any atom is 0.248 e. The van der Waals surface area contributed by atoms with Gasteiger partial charge >= 0.3 is 0 Å². The number of morpholine rings is 1. The van der Waals surface area contributed by atoms with Crippen molar-refractivity contribution in [2.45, 2.75) is 6.10 Å². The number of anilines is 1. The predicted molar refractivity (Wildman–Crippen MR) is 84.4 cm³/mol. The number of primary amides is 1. The number of ether oxygens (including phenoxy) is 1. The number of carbonyl (C=O) groups is 1. The van der Waals surface area contributed by atoms with Crippen molar-refractivity contribution in [3.8, 4) is 0 Å². The number of nitrogens with two attached hydrogens (primary N) is 1. The molecule has 0 bridgehead atoms. The largest absolute Gasteiger partial charge is 0.370 e. The van der Waals surface area contributed by atoms with E-state index < -0.39 is 5.91 Å². The van der Waals surface area contributed by atoms with E-state index in [-0.39, 0.29) is 6.10 Å². The number of carbonyl (C=O) groups excluding carboxylic acids is 1. The second-order valence-electron chi connectivity index (χ2n) is 5.51. The second kappa shape index (κ2) is 5.85. The first kappa shape index (κ1) is 14.5. The number of rotatable bonds is 3. The molecule has 3 aromatic rings. The highest BCUT2D eigenvalue weighted by Gasteiger charge is 2.23. The molecule has 1 aliphatic heterocycles. The van der Waals surface area contributed by atoms with E-state index in [1.54, 1.807) is 12.1 Å². The third-order valence-corrected chi connectivity index (χ3v) is 4.01. The van der Waals surface area contributed by atoms with Crippen molar-refractivity contribution in [2.24, 2.45) is 5.73 Å². The Hall–Kier alpha value is -3.07. The Labute approximate surface area is 137 Å². The molecule has 1 saturated heterocycles. The number of tetrazole rings is 1. The van der Waals surface area contributed by atoms with Crippen molar-refractivity contribution in [1.29, 1.82) is 0 Å². The van der Waals surface area contributed by atoms with Crippen LogP contribution in [0.2, 0.25) is 0 Å². The quantitative estimate of drug-likeness (QED) is 0.732. The molecule has 9 heteroatoms. The zero-order chi connectivity index (χ0) is 16.5. The summed E-state index contributed by atoms with van der Waals surface area (Å²) in [5.41, 5.74) is 7.35. The standard InChI is InChI=1S/C15H15N7O2/c16-15(23)11-3-1-10(2-4-11)12-9-21(7-8-24-12)14-6-5-13-17-19-20-22(13)18-14/h1-6,12H,7-9H2,(H2,16,23). The van der Waals surface area contributed by atoms with Gasteiger partial charge in [0, 0.05) is 18.7 Å². The molecule has 0 saturated carbocycles. The smallest absolute Gasteiger partial charge is 0.248 e. The van der Waals surface area contributed by atoms with Crippen LogP contribution in [0.1, 0.15) is 22.0 Å². The monoisotopic (exact) mass is 325 g/mol. The topological polar surface area (TPSA) is 112 Å². The molecule has 3 heterocycles. The van der Waals surface area contributed by atoms with Crippen LogP contribution in [-0.4, -0.2) is 50.9 Å². The van der Waals surface area contributed by atoms with Gasteiger partial charge in [0.15, 0.2) is 11.5 Å². The zero-order valence-corrected chi connectivity index (χ0v) is 12.7. The van der Waals surface area contributed by atoms with Crippen LogP contribution in [-0.2, 0) is 4.74 Å². The van der Waals surface area contributed by atoms with E-state index in [2.05, 4.69) is 25.5 Å². The molecule has 122 valence electrons. The molecule has 1 fully saturated rings. The Morgan fingerprint density at radius 1 is 1.21 bits per heavy atom. The summed E-state index contributed by atoms with van der Waals surface area (Å²) < 4.78 is 7.26. The fourth-order valence-corrected chi connectivity index (χ4v) is 2.73. The van der Waals surface area contributed by atoms with Gasteiger partial charge in [-0.2, -0.15) is 0 Å². The van der Waals surface area contributed by atoms with E-state index >= 15 is 0 Å². The van der Waals surface area contributed by atoms with Gasteiger partial charge in [-0.25, -0.2) is 0 Å². The predicted octanol–water partition coefficient (Wildman–Crippen LogP) is 0.196. The number of amides is 1. The minimum atomic E-state index is -0.438. The summed E-state index contributed by atoms with van der Waals surface area (Å²) in [5.74, 6) is 0.350. The highest BCUT2D eigenvalue weighted by Crippen LogP contribution is 2.25. The average Bonchev–Trinajstić information content (AvgIpc) is 3.09. The van der Waals surface area contributed by atoms with Gasteiger partial charge in [-0.3, -0.25) is 4.79 Å². The molecule has 4 rings (SSSR count). The third-order valence-electron chi connectivity index (χ3n) is 4.01. The molecule has 1 amide bonds. The van der Waals surface area contributed by atoms with Crippen LogP contribution in [0.4, 0.5) is 5.82 Å². The van der Waals surface area contributed by atoms with Crippen molar-refractivity contribution in [3.05, 3.63) is 47.5 Å². The lowest BCUT2D eigenvalue weighted by Crippen LogP contribution is -2.39. The zero-order valence-electron chi connectivity index (χ0n) is 12.7. The number of benzene rings is 1. The Morgan fingerprint density at radius 3 is 2.83 bits per heavy atom. The number of hydrogen-bond acceptors (Lipinski definition) is 7. The van der Waals surface area contributed by atoms with Gasteiger partial charge < -0.3 is 15.4 Å².